The van der Waals surface area contributed by atoms with Crippen molar-refractivity contribution in [3.8, 4) is 5.75 Å². The van der Waals surface area contributed by atoms with E-state index in [4.69, 9.17) is 14.2 Å². The van der Waals surface area contributed by atoms with Gasteiger partial charge in [0.15, 0.2) is 0 Å². The number of methoxy groups -OCH3 is 1. The Bertz CT molecular complexity index is 1550. The molecule has 3 saturated heterocycles. The number of hydrogen-bond acceptors (Lipinski definition) is 8. The summed E-state index contributed by atoms with van der Waals surface area (Å²) in [6.07, 6.45) is 6.43. The Hall–Kier alpha value is -4.48. The van der Waals surface area contributed by atoms with E-state index in [0.29, 0.717) is 55.6 Å². The fourth-order valence-electron chi connectivity index (χ4n) is 7.99. The van der Waals surface area contributed by atoms with Crippen LogP contribution in [0, 0.1) is 11.8 Å². The van der Waals surface area contributed by atoms with Crippen LogP contribution in [-0.4, -0.2) is 84.3 Å². The van der Waals surface area contributed by atoms with E-state index in [9.17, 15) is 24.3 Å². The van der Waals surface area contributed by atoms with Gasteiger partial charge >= 0.3 is 5.97 Å². The Labute approximate surface area is 300 Å². The van der Waals surface area contributed by atoms with Crippen molar-refractivity contribution in [2.24, 2.45) is 11.8 Å². The van der Waals surface area contributed by atoms with Crippen molar-refractivity contribution < 1.29 is 38.5 Å². The maximum absolute atomic E-state index is 14.8. The van der Waals surface area contributed by atoms with Crippen LogP contribution in [0.15, 0.2) is 79.9 Å². The molecule has 3 heterocycles. The molecule has 0 saturated carbocycles. The molecule has 2 aromatic rings. The summed E-state index contributed by atoms with van der Waals surface area (Å²) in [5.74, 6) is -2.58. The normalized spacial score (nSPS) is 24.4. The lowest BCUT2D eigenvalue weighted by molar-refractivity contribution is -0.162. The molecule has 0 radical (unpaired) electrons. The molecule has 3 amide bonds. The SMILES string of the molecule is C=CCCC(=O)N[C@H](C)[C@@H](OC(=O)[C@@H]1[C@@H]2CC[C@]3(O2)[C@H](C(=O)N(CC=C)c2ccc(OC)cc2)N(CCCCCCO)C(=O)[C@@H]13)c1ccccc1. The first kappa shape index (κ1) is 37.8. The largest absolute Gasteiger partial charge is 0.497 e. The predicted molar refractivity (Wildman–Crippen MR) is 193 cm³/mol. The van der Waals surface area contributed by atoms with E-state index in [1.807, 2.05) is 30.3 Å². The zero-order chi connectivity index (χ0) is 36.5. The van der Waals surface area contributed by atoms with Gasteiger partial charge in [-0.3, -0.25) is 19.2 Å². The molecule has 2 N–H and O–H groups in total. The number of allylic oxidation sites excluding steroid dienone is 1. The van der Waals surface area contributed by atoms with Gasteiger partial charge in [0.25, 0.3) is 5.91 Å². The molecule has 3 aliphatic heterocycles. The van der Waals surface area contributed by atoms with E-state index in [-0.39, 0.29) is 37.3 Å². The molecule has 7 atom stereocenters. The lowest BCUT2D eigenvalue weighted by atomic mass is 9.70. The Balaban J connectivity index is 1.46. The van der Waals surface area contributed by atoms with Crippen molar-refractivity contribution in [2.45, 2.75) is 88.2 Å². The van der Waals surface area contributed by atoms with E-state index in [1.165, 1.54) is 0 Å². The highest BCUT2D eigenvalue weighted by Crippen LogP contribution is 2.59. The standard InChI is InChI=1S/C40H51N3O8/c1-5-7-17-32(45)41-27(3)35(28-15-11-10-12-16-28)50-39(48)33-31-22-23-40(51-31)34(33)37(46)43(25-13-8-9-14-26-44)36(40)38(47)42(24-6-2)29-18-20-30(49-4)21-19-29/h5-6,10-12,15-16,18-21,27,31,33-36,44H,1-2,7-9,13-14,17,22-26H2,3-4H3,(H,41,45)/t27-,31+,33-,34-,35-,36+,40-/m1/s1. The number of esters is 1. The minimum atomic E-state index is -1.22. The first-order valence-corrected chi connectivity index (χ1v) is 18.0. The number of likely N-dealkylation sites (tertiary alicyclic amines) is 1. The number of aliphatic hydroxyl groups excluding tert-OH is 1. The van der Waals surface area contributed by atoms with Gasteiger partial charge in [0.1, 0.15) is 23.5 Å². The van der Waals surface area contributed by atoms with E-state index < -0.39 is 47.7 Å². The number of nitrogens with zero attached hydrogens (tertiary/aromatic N) is 2. The van der Waals surface area contributed by atoms with Gasteiger partial charge in [-0.25, -0.2) is 0 Å². The topological polar surface area (TPSA) is 135 Å². The summed E-state index contributed by atoms with van der Waals surface area (Å²) in [6.45, 7) is 9.95. The number of nitrogens with one attached hydrogen (secondary N) is 1. The number of unbranched alkanes of at least 4 members (excludes halogenated alkanes) is 3. The van der Waals surface area contributed by atoms with E-state index in [0.717, 1.165) is 12.8 Å². The molecule has 274 valence electrons. The molecule has 51 heavy (non-hydrogen) atoms. The maximum atomic E-state index is 14.8. The average Bonchev–Trinajstić information content (AvgIpc) is 3.79. The quantitative estimate of drug-likeness (QED) is 0.120. The molecule has 5 rings (SSSR count). The Morgan fingerprint density at radius 2 is 1.80 bits per heavy atom. The van der Waals surface area contributed by atoms with Crippen molar-refractivity contribution >= 4 is 29.4 Å². The number of hydrogen-bond donors (Lipinski definition) is 2. The van der Waals surface area contributed by atoms with Gasteiger partial charge in [-0.1, -0.05) is 55.3 Å². The average molecular weight is 702 g/mol. The second kappa shape index (κ2) is 17.2. The molecule has 1 spiro atoms. The van der Waals surface area contributed by atoms with Gasteiger partial charge in [0.05, 0.1) is 31.1 Å². The third kappa shape index (κ3) is 7.89. The molecule has 11 heteroatoms. The molecule has 2 aromatic carbocycles. The van der Waals surface area contributed by atoms with E-state index in [1.54, 1.807) is 60.3 Å². The molecule has 0 aliphatic carbocycles. The molecule has 3 aliphatic rings. The lowest BCUT2D eigenvalue weighted by Gasteiger charge is -2.37. The molecule has 11 nitrogen and oxygen atoms in total. The van der Waals surface area contributed by atoms with E-state index in [2.05, 4.69) is 18.5 Å². The van der Waals surface area contributed by atoms with E-state index >= 15 is 0 Å². The summed E-state index contributed by atoms with van der Waals surface area (Å²) in [7, 11) is 1.57. The van der Waals surface area contributed by atoms with Crippen molar-refractivity contribution in [1.82, 2.24) is 10.2 Å². The fourth-order valence-corrected chi connectivity index (χ4v) is 7.99. The number of rotatable bonds is 19. The second-order valence-electron chi connectivity index (χ2n) is 13.6. The number of benzene rings is 2. The Morgan fingerprint density at radius 1 is 1.08 bits per heavy atom. The summed E-state index contributed by atoms with van der Waals surface area (Å²) in [6, 6.07) is 14.8. The minimum Gasteiger partial charge on any atom is -0.497 e. The number of aliphatic hydroxyl groups is 1. The first-order chi connectivity index (χ1) is 24.7. The Kier molecular flexibility index (Phi) is 12.7. The highest BCUT2D eigenvalue weighted by molar-refractivity contribution is 6.04. The summed E-state index contributed by atoms with van der Waals surface area (Å²) in [5.41, 5.74) is 0.108. The molecular weight excluding hydrogens is 650 g/mol. The smallest absolute Gasteiger partial charge is 0.313 e. The van der Waals surface area contributed by atoms with Gasteiger partial charge in [0, 0.05) is 31.8 Å². The number of ether oxygens (including phenoxy) is 3. The zero-order valence-corrected chi connectivity index (χ0v) is 29.7. The fraction of sp³-hybridized carbons (Fsp3) is 0.500. The van der Waals surface area contributed by atoms with Crippen molar-refractivity contribution in [3.63, 3.8) is 0 Å². The van der Waals surface area contributed by atoms with Gasteiger partial charge in [-0.05, 0) is 68.9 Å². The number of amides is 3. The number of carbonyl (C=O) groups is 4. The highest BCUT2D eigenvalue weighted by atomic mass is 16.6. The van der Waals surface area contributed by atoms with Crippen molar-refractivity contribution in [2.75, 3.05) is 31.7 Å². The highest BCUT2D eigenvalue weighted by Gasteiger charge is 2.75. The van der Waals surface area contributed by atoms with Gasteiger partial charge < -0.3 is 34.4 Å². The third-order valence-corrected chi connectivity index (χ3v) is 10.4. The third-order valence-electron chi connectivity index (χ3n) is 10.4. The summed E-state index contributed by atoms with van der Waals surface area (Å²) in [4.78, 5) is 59.6. The first-order valence-electron chi connectivity index (χ1n) is 18.0. The maximum Gasteiger partial charge on any atom is 0.313 e. The number of fused-ring (bicyclic) bond motifs is 1. The van der Waals surface area contributed by atoms with Crippen LogP contribution < -0.4 is 15.0 Å². The summed E-state index contributed by atoms with van der Waals surface area (Å²) in [5, 5.41) is 12.2. The van der Waals surface area contributed by atoms with Crippen LogP contribution in [0.5, 0.6) is 5.75 Å². The second-order valence-corrected chi connectivity index (χ2v) is 13.6. The Morgan fingerprint density at radius 3 is 2.47 bits per heavy atom. The van der Waals surface area contributed by atoms with Gasteiger partial charge in [-0.15, -0.1) is 13.2 Å². The van der Waals surface area contributed by atoms with Crippen LogP contribution in [0.1, 0.15) is 70.0 Å². The van der Waals surface area contributed by atoms with Crippen LogP contribution in [0.3, 0.4) is 0 Å². The minimum absolute atomic E-state index is 0.0907. The summed E-state index contributed by atoms with van der Waals surface area (Å²) >= 11 is 0. The monoisotopic (exact) mass is 701 g/mol. The summed E-state index contributed by atoms with van der Waals surface area (Å²) < 4.78 is 18.3. The van der Waals surface area contributed by atoms with Crippen LogP contribution >= 0.6 is 0 Å². The number of carbonyl (C=O) groups excluding carboxylic acids is 4. The predicted octanol–water partition coefficient (Wildman–Crippen LogP) is 4.90. The zero-order valence-electron chi connectivity index (χ0n) is 29.7. The van der Waals surface area contributed by atoms with Crippen molar-refractivity contribution in [3.05, 3.63) is 85.5 Å². The van der Waals surface area contributed by atoms with Crippen LogP contribution in [0.25, 0.3) is 0 Å². The van der Waals surface area contributed by atoms with Crippen molar-refractivity contribution in [1.29, 1.82) is 0 Å². The molecular formula is C40H51N3O8. The van der Waals surface area contributed by atoms with Gasteiger partial charge in [0.2, 0.25) is 11.8 Å². The number of anilines is 1. The molecule has 0 unspecified atom stereocenters. The molecule has 2 bridgehead atoms. The van der Waals surface area contributed by atoms with Crippen LogP contribution in [0.2, 0.25) is 0 Å². The molecule has 0 aromatic heterocycles. The van der Waals surface area contributed by atoms with Crippen LogP contribution in [-0.2, 0) is 28.7 Å². The van der Waals surface area contributed by atoms with Crippen LogP contribution in [0.4, 0.5) is 5.69 Å². The van der Waals surface area contributed by atoms with Gasteiger partial charge in [-0.2, -0.15) is 0 Å². The molecule has 3 fully saturated rings. The lowest BCUT2D eigenvalue weighted by Crippen LogP contribution is -2.56.